The SMILES string of the molecule is CCN(CC)CCN(CCN(CC(=O)O)CC(=O)O)C(CCCCNC)C(=O)O. The summed E-state index contributed by atoms with van der Waals surface area (Å²) >= 11 is 0. The molecule has 0 spiro atoms. The molecule has 0 fully saturated rings. The molecule has 0 bridgehead atoms. The highest BCUT2D eigenvalue weighted by Crippen LogP contribution is 2.11. The van der Waals surface area contributed by atoms with Gasteiger partial charge in [-0.15, -0.1) is 0 Å². The number of unbranched alkanes of at least 4 members (excludes halogenated alkanes) is 1. The van der Waals surface area contributed by atoms with Crippen LogP contribution in [0.2, 0.25) is 0 Å². The first-order chi connectivity index (χ1) is 13.7. The van der Waals surface area contributed by atoms with Gasteiger partial charge < -0.3 is 25.5 Å². The summed E-state index contributed by atoms with van der Waals surface area (Å²) in [4.78, 5) is 39.3. The summed E-state index contributed by atoms with van der Waals surface area (Å²) in [6.45, 7) is 7.53. The molecule has 1 unspecified atom stereocenters. The van der Waals surface area contributed by atoms with Gasteiger partial charge in [-0.25, -0.2) is 0 Å². The van der Waals surface area contributed by atoms with Crippen LogP contribution in [0.1, 0.15) is 33.1 Å². The second-order valence-electron chi connectivity index (χ2n) is 7.01. The van der Waals surface area contributed by atoms with Gasteiger partial charge in [0.15, 0.2) is 0 Å². The van der Waals surface area contributed by atoms with Gasteiger partial charge in [0.2, 0.25) is 0 Å². The van der Waals surface area contributed by atoms with Crippen molar-refractivity contribution in [1.82, 2.24) is 20.0 Å². The molecule has 0 heterocycles. The minimum Gasteiger partial charge on any atom is -0.480 e. The lowest BCUT2D eigenvalue weighted by molar-refractivity contribution is -0.145. The zero-order valence-electron chi connectivity index (χ0n) is 18.0. The Kier molecular flexibility index (Phi) is 15.1. The van der Waals surface area contributed by atoms with Crippen LogP contribution >= 0.6 is 0 Å². The van der Waals surface area contributed by atoms with E-state index in [9.17, 15) is 19.5 Å². The number of aliphatic carboxylic acids is 3. The molecule has 29 heavy (non-hydrogen) atoms. The van der Waals surface area contributed by atoms with Gasteiger partial charge in [-0.2, -0.15) is 0 Å². The molecule has 170 valence electrons. The zero-order valence-corrected chi connectivity index (χ0v) is 18.0. The maximum absolute atomic E-state index is 11.9. The quantitative estimate of drug-likeness (QED) is 0.211. The van der Waals surface area contributed by atoms with Gasteiger partial charge in [-0.3, -0.25) is 24.2 Å². The number of hydrogen-bond acceptors (Lipinski definition) is 7. The summed E-state index contributed by atoms with van der Waals surface area (Å²) in [5, 5.41) is 30.8. The topological polar surface area (TPSA) is 134 Å². The highest BCUT2D eigenvalue weighted by Gasteiger charge is 2.26. The maximum Gasteiger partial charge on any atom is 0.320 e. The van der Waals surface area contributed by atoms with Gasteiger partial charge in [0, 0.05) is 26.2 Å². The largest absolute Gasteiger partial charge is 0.480 e. The molecular formula is C19H38N4O6. The standard InChI is InChI=1S/C19H38N4O6/c1-4-21(5-2)10-12-23(16(19(28)29)8-6-7-9-20-3)13-11-22(14-17(24)25)15-18(26)27/h16,20H,4-15H2,1-3H3,(H,24,25)(H,26,27)(H,28,29). The first-order valence-corrected chi connectivity index (χ1v) is 10.2. The summed E-state index contributed by atoms with van der Waals surface area (Å²) in [6.07, 6.45) is 2.12. The van der Waals surface area contributed by atoms with Crippen molar-refractivity contribution in [2.45, 2.75) is 39.2 Å². The average Bonchev–Trinajstić information content (AvgIpc) is 2.64. The molecule has 1 atom stereocenters. The Hall–Kier alpha value is -1.75. The molecule has 0 aliphatic heterocycles. The lowest BCUT2D eigenvalue weighted by Crippen LogP contribution is -2.49. The second kappa shape index (κ2) is 16.1. The number of carbonyl (C=O) groups is 3. The smallest absolute Gasteiger partial charge is 0.320 e. The fourth-order valence-corrected chi connectivity index (χ4v) is 3.20. The first kappa shape index (κ1) is 27.2. The van der Waals surface area contributed by atoms with Gasteiger partial charge in [0.1, 0.15) is 6.04 Å². The average molecular weight is 419 g/mol. The van der Waals surface area contributed by atoms with E-state index in [4.69, 9.17) is 10.2 Å². The maximum atomic E-state index is 11.9. The normalized spacial score (nSPS) is 12.6. The van der Waals surface area contributed by atoms with Crippen LogP contribution < -0.4 is 5.32 Å². The molecule has 0 saturated carbocycles. The number of nitrogens with zero attached hydrogens (tertiary/aromatic N) is 3. The van der Waals surface area contributed by atoms with Crippen molar-refractivity contribution in [2.24, 2.45) is 0 Å². The van der Waals surface area contributed by atoms with Crippen LogP contribution in [0.5, 0.6) is 0 Å². The number of likely N-dealkylation sites (N-methyl/N-ethyl adjacent to an activating group) is 1. The molecule has 0 aromatic heterocycles. The lowest BCUT2D eigenvalue weighted by atomic mass is 10.1. The summed E-state index contributed by atoms with van der Waals surface area (Å²) < 4.78 is 0. The molecule has 0 saturated heterocycles. The fourth-order valence-electron chi connectivity index (χ4n) is 3.20. The number of carboxylic acids is 3. The predicted octanol–water partition coefficient (Wildman–Crippen LogP) is -0.0557. The zero-order chi connectivity index (χ0) is 22.2. The third-order valence-electron chi connectivity index (χ3n) is 4.90. The Morgan fingerprint density at radius 2 is 1.34 bits per heavy atom. The van der Waals surface area contributed by atoms with Crippen molar-refractivity contribution in [3.8, 4) is 0 Å². The highest BCUT2D eigenvalue weighted by atomic mass is 16.4. The number of carboxylic acid groups (broad SMARTS) is 3. The third-order valence-corrected chi connectivity index (χ3v) is 4.90. The predicted molar refractivity (Wildman–Crippen MR) is 110 cm³/mol. The van der Waals surface area contributed by atoms with Crippen molar-refractivity contribution in [3.05, 3.63) is 0 Å². The number of hydrogen-bond donors (Lipinski definition) is 4. The molecule has 0 amide bonds. The summed E-state index contributed by atoms with van der Waals surface area (Å²) in [7, 11) is 1.85. The lowest BCUT2D eigenvalue weighted by Gasteiger charge is -2.32. The van der Waals surface area contributed by atoms with Gasteiger partial charge in [-0.1, -0.05) is 20.3 Å². The van der Waals surface area contributed by atoms with E-state index in [-0.39, 0.29) is 6.54 Å². The minimum atomic E-state index is -1.11. The Labute approximate surface area is 173 Å². The van der Waals surface area contributed by atoms with Gasteiger partial charge in [0.25, 0.3) is 0 Å². The van der Waals surface area contributed by atoms with E-state index < -0.39 is 37.0 Å². The molecule has 0 aromatic rings. The highest BCUT2D eigenvalue weighted by molar-refractivity contribution is 5.73. The molecule has 0 rings (SSSR count). The second-order valence-corrected chi connectivity index (χ2v) is 7.01. The van der Waals surface area contributed by atoms with E-state index in [1.807, 2.05) is 25.8 Å². The Morgan fingerprint density at radius 1 is 0.828 bits per heavy atom. The van der Waals surface area contributed by atoms with Crippen molar-refractivity contribution >= 4 is 17.9 Å². The number of nitrogens with one attached hydrogen (secondary N) is 1. The van der Waals surface area contributed by atoms with Crippen LogP contribution in [0.3, 0.4) is 0 Å². The number of rotatable bonds is 19. The van der Waals surface area contributed by atoms with Crippen molar-refractivity contribution in [2.75, 3.05) is 66.0 Å². The molecule has 0 aromatic carbocycles. The van der Waals surface area contributed by atoms with E-state index in [1.165, 1.54) is 4.90 Å². The minimum absolute atomic E-state index is 0.178. The molecule has 4 N–H and O–H groups in total. The van der Waals surface area contributed by atoms with Gasteiger partial charge in [-0.05, 0) is 39.5 Å². The van der Waals surface area contributed by atoms with Crippen LogP contribution in [-0.4, -0.2) is 120 Å². The van der Waals surface area contributed by atoms with Crippen molar-refractivity contribution < 1.29 is 29.7 Å². The molecule has 10 nitrogen and oxygen atoms in total. The van der Waals surface area contributed by atoms with Gasteiger partial charge in [0.05, 0.1) is 13.1 Å². The van der Waals surface area contributed by atoms with E-state index in [1.54, 1.807) is 0 Å². The van der Waals surface area contributed by atoms with Crippen LogP contribution in [0, 0.1) is 0 Å². The van der Waals surface area contributed by atoms with E-state index in [0.29, 0.717) is 26.1 Å². The van der Waals surface area contributed by atoms with Crippen molar-refractivity contribution in [3.63, 3.8) is 0 Å². The van der Waals surface area contributed by atoms with E-state index in [2.05, 4.69) is 10.2 Å². The molecular weight excluding hydrogens is 380 g/mol. The van der Waals surface area contributed by atoms with Crippen LogP contribution in [-0.2, 0) is 14.4 Å². The monoisotopic (exact) mass is 418 g/mol. The Morgan fingerprint density at radius 3 is 1.76 bits per heavy atom. The summed E-state index contributed by atoms with van der Waals surface area (Å²) in [5.41, 5.74) is 0. The van der Waals surface area contributed by atoms with Crippen LogP contribution in [0.25, 0.3) is 0 Å². The Bertz CT molecular complexity index is 471. The van der Waals surface area contributed by atoms with Crippen LogP contribution in [0.4, 0.5) is 0 Å². The Balaban J connectivity index is 5.16. The third kappa shape index (κ3) is 13.2. The van der Waals surface area contributed by atoms with E-state index >= 15 is 0 Å². The van der Waals surface area contributed by atoms with Gasteiger partial charge >= 0.3 is 17.9 Å². The molecule has 0 radical (unpaired) electrons. The fraction of sp³-hybridized carbons (Fsp3) is 0.842. The first-order valence-electron chi connectivity index (χ1n) is 10.2. The molecule has 0 aliphatic carbocycles. The van der Waals surface area contributed by atoms with E-state index in [0.717, 1.165) is 32.5 Å². The summed E-state index contributed by atoms with van der Waals surface area (Å²) in [6, 6.07) is -0.682. The molecule has 0 aliphatic rings. The summed E-state index contributed by atoms with van der Waals surface area (Å²) in [5.74, 6) is -3.12. The molecule has 10 heteroatoms. The van der Waals surface area contributed by atoms with Crippen LogP contribution in [0.15, 0.2) is 0 Å². The van der Waals surface area contributed by atoms with Crippen molar-refractivity contribution in [1.29, 1.82) is 0 Å².